The molecule has 0 aliphatic carbocycles. The van der Waals surface area contributed by atoms with Crippen LogP contribution in [0.4, 0.5) is 5.69 Å². The Kier molecular flexibility index (Phi) is 4.06. The summed E-state index contributed by atoms with van der Waals surface area (Å²) in [5.41, 5.74) is 1.54. The monoisotopic (exact) mass is 318 g/mol. The van der Waals surface area contributed by atoms with Crippen LogP contribution in [-0.2, 0) is 0 Å². The number of Topliss-reactive ketones (excluding diaryl/α,β-unsaturated/α-hetero) is 1. The van der Waals surface area contributed by atoms with Gasteiger partial charge in [0.1, 0.15) is 5.69 Å². The molecule has 0 radical (unpaired) electrons. The molecule has 0 atom stereocenters. The maximum absolute atomic E-state index is 12.0. The minimum absolute atomic E-state index is 0.00894. The Morgan fingerprint density at radius 3 is 2.42 bits per heavy atom. The number of nitrogens with zero attached hydrogens (tertiary/aromatic N) is 1. The van der Waals surface area contributed by atoms with E-state index in [0.29, 0.717) is 21.4 Å². The summed E-state index contributed by atoms with van der Waals surface area (Å²) in [5.74, 6) is -0.312. The number of amides is 1. The van der Waals surface area contributed by atoms with Crippen LogP contribution in [0, 0.1) is 0 Å². The smallest absolute Gasteiger partial charge is 0.275 e. The van der Waals surface area contributed by atoms with E-state index >= 15 is 0 Å². The van der Waals surface area contributed by atoms with Gasteiger partial charge in [0, 0.05) is 21.9 Å². The Balaban J connectivity index is 2.15. The summed E-state index contributed by atoms with van der Waals surface area (Å²) in [6, 6.07) is 10.2. The van der Waals surface area contributed by atoms with Crippen LogP contribution in [0.25, 0.3) is 0 Å². The molecule has 1 N–H and O–H groups in total. The number of hydrogen-bond acceptors (Lipinski definition) is 3. The van der Waals surface area contributed by atoms with E-state index in [2.05, 4.69) is 26.2 Å². The highest BCUT2D eigenvalue weighted by atomic mass is 79.9. The van der Waals surface area contributed by atoms with Gasteiger partial charge >= 0.3 is 0 Å². The van der Waals surface area contributed by atoms with Gasteiger partial charge in [-0.25, -0.2) is 4.98 Å². The third-order valence-electron chi connectivity index (χ3n) is 2.52. The fraction of sp³-hybridized carbons (Fsp3) is 0.0714. The summed E-state index contributed by atoms with van der Waals surface area (Å²) in [7, 11) is 0. The Morgan fingerprint density at radius 2 is 1.84 bits per heavy atom. The van der Waals surface area contributed by atoms with Crippen molar-refractivity contribution in [2.75, 3.05) is 5.32 Å². The number of nitrogens with one attached hydrogen (secondary N) is 1. The van der Waals surface area contributed by atoms with Gasteiger partial charge < -0.3 is 5.32 Å². The first-order valence-corrected chi connectivity index (χ1v) is 6.40. The molecule has 2 aromatic rings. The molecule has 0 fully saturated rings. The van der Waals surface area contributed by atoms with Gasteiger partial charge in [-0.15, -0.1) is 0 Å². The molecule has 1 heterocycles. The van der Waals surface area contributed by atoms with Gasteiger partial charge in [-0.3, -0.25) is 9.59 Å². The average molecular weight is 319 g/mol. The number of halogens is 1. The van der Waals surface area contributed by atoms with Crippen molar-refractivity contribution in [3.8, 4) is 0 Å². The Bertz CT molecular complexity index is 624. The summed E-state index contributed by atoms with van der Waals surface area (Å²) in [5, 5.41) is 2.72. The van der Waals surface area contributed by atoms with Crippen molar-refractivity contribution in [2.45, 2.75) is 6.92 Å². The molecule has 0 bridgehead atoms. The van der Waals surface area contributed by atoms with Crippen molar-refractivity contribution in [3.05, 3.63) is 58.3 Å². The number of carbonyl (C=O) groups excluding carboxylic acids is 2. The van der Waals surface area contributed by atoms with Gasteiger partial charge in [-0.1, -0.05) is 0 Å². The number of aromatic nitrogens is 1. The normalized spacial score (nSPS) is 10.0. The minimum Gasteiger partial charge on any atom is -0.321 e. The van der Waals surface area contributed by atoms with Crippen LogP contribution < -0.4 is 5.32 Å². The maximum atomic E-state index is 12.0. The molecular weight excluding hydrogens is 308 g/mol. The van der Waals surface area contributed by atoms with E-state index in [-0.39, 0.29) is 11.7 Å². The summed E-state index contributed by atoms with van der Waals surface area (Å²) >= 11 is 3.27. The molecule has 0 spiro atoms. The first-order chi connectivity index (χ1) is 9.08. The fourth-order valence-corrected chi connectivity index (χ4v) is 1.97. The molecule has 4 nitrogen and oxygen atoms in total. The fourth-order valence-electron chi connectivity index (χ4n) is 1.53. The molecule has 1 amide bonds. The van der Waals surface area contributed by atoms with Crippen LogP contribution in [0.2, 0.25) is 0 Å². The van der Waals surface area contributed by atoms with Gasteiger partial charge in [0.2, 0.25) is 0 Å². The van der Waals surface area contributed by atoms with Gasteiger partial charge in [-0.05, 0) is 59.3 Å². The van der Waals surface area contributed by atoms with Crippen LogP contribution in [-0.4, -0.2) is 16.7 Å². The van der Waals surface area contributed by atoms with E-state index in [0.717, 1.165) is 0 Å². The quantitative estimate of drug-likeness (QED) is 0.883. The average Bonchev–Trinajstić information content (AvgIpc) is 2.39. The van der Waals surface area contributed by atoms with Crippen LogP contribution in [0.1, 0.15) is 27.8 Å². The second-order valence-electron chi connectivity index (χ2n) is 3.92. The Morgan fingerprint density at radius 1 is 1.16 bits per heavy atom. The molecule has 96 valence electrons. The highest BCUT2D eigenvalue weighted by Gasteiger charge is 2.11. The van der Waals surface area contributed by atoms with E-state index in [9.17, 15) is 9.59 Å². The summed E-state index contributed by atoms with van der Waals surface area (Å²) < 4.78 is 0.632. The van der Waals surface area contributed by atoms with Crippen molar-refractivity contribution < 1.29 is 9.59 Å². The first-order valence-electron chi connectivity index (χ1n) is 5.61. The molecule has 0 aliphatic heterocycles. The van der Waals surface area contributed by atoms with E-state index in [1.165, 1.54) is 6.92 Å². The van der Waals surface area contributed by atoms with Gasteiger partial charge in [0.15, 0.2) is 5.78 Å². The van der Waals surface area contributed by atoms with Gasteiger partial charge in [-0.2, -0.15) is 0 Å². The number of hydrogen-bond donors (Lipinski definition) is 1. The number of carbonyl (C=O) groups is 2. The first kappa shape index (κ1) is 13.4. The SMILES string of the molecule is CC(=O)c1ccc(NC(=O)c2ncccc2Br)cc1. The van der Waals surface area contributed by atoms with E-state index in [1.807, 2.05) is 0 Å². The zero-order valence-corrected chi connectivity index (χ0v) is 11.8. The number of anilines is 1. The molecule has 0 aliphatic rings. The number of rotatable bonds is 3. The lowest BCUT2D eigenvalue weighted by Gasteiger charge is -2.06. The Hall–Kier alpha value is -2.01. The van der Waals surface area contributed by atoms with Crippen molar-refractivity contribution >= 4 is 33.3 Å². The van der Waals surface area contributed by atoms with E-state index in [1.54, 1.807) is 42.6 Å². The second kappa shape index (κ2) is 5.75. The molecule has 1 aromatic heterocycles. The maximum Gasteiger partial charge on any atom is 0.275 e. The van der Waals surface area contributed by atoms with Crippen molar-refractivity contribution in [2.24, 2.45) is 0 Å². The highest BCUT2D eigenvalue weighted by molar-refractivity contribution is 9.10. The summed E-state index contributed by atoms with van der Waals surface area (Å²) in [6.07, 6.45) is 1.55. The molecule has 0 saturated carbocycles. The number of ketones is 1. The predicted octanol–water partition coefficient (Wildman–Crippen LogP) is 3.30. The molecule has 19 heavy (non-hydrogen) atoms. The lowest BCUT2D eigenvalue weighted by atomic mass is 10.1. The number of pyridine rings is 1. The third kappa shape index (κ3) is 3.26. The van der Waals surface area contributed by atoms with Crippen LogP contribution in [0.15, 0.2) is 47.1 Å². The zero-order chi connectivity index (χ0) is 13.8. The van der Waals surface area contributed by atoms with Crippen LogP contribution >= 0.6 is 15.9 Å². The third-order valence-corrected chi connectivity index (χ3v) is 3.16. The molecule has 0 unspecified atom stereocenters. The lowest BCUT2D eigenvalue weighted by Crippen LogP contribution is -2.14. The molecule has 0 saturated heterocycles. The molecule has 5 heteroatoms. The molecular formula is C14H11BrN2O2. The van der Waals surface area contributed by atoms with E-state index in [4.69, 9.17) is 0 Å². The van der Waals surface area contributed by atoms with Gasteiger partial charge in [0.25, 0.3) is 5.91 Å². The highest BCUT2D eigenvalue weighted by Crippen LogP contribution is 2.16. The van der Waals surface area contributed by atoms with Crippen LogP contribution in [0.3, 0.4) is 0 Å². The standard InChI is InChI=1S/C14H11BrN2O2/c1-9(18)10-4-6-11(7-5-10)17-14(19)13-12(15)3-2-8-16-13/h2-8H,1H3,(H,17,19). The zero-order valence-electron chi connectivity index (χ0n) is 10.2. The number of benzene rings is 1. The van der Waals surface area contributed by atoms with Crippen molar-refractivity contribution in [1.82, 2.24) is 4.98 Å². The Labute approximate surface area is 119 Å². The minimum atomic E-state index is -0.303. The summed E-state index contributed by atoms with van der Waals surface area (Å²) in [6.45, 7) is 1.50. The topological polar surface area (TPSA) is 59.1 Å². The van der Waals surface area contributed by atoms with E-state index < -0.39 is 0 Å². The second-order valence-corrected chi connectivity index (χ2v) is 4.78. The van der Waals surface area contributed by atoms with Crippen molar-refractivity contribution in [3.63, 3.8) is 0 Å². The lowest BCUT2D eigenvalue weighted by molar-refractivity contribution is 0.101. The molecule has 2 rings (SSSR count). The van der Waals surface area contributed by atoms with Crippen molar-refractivity contribution in [1.29, 1.82) is 0 Å². The largest absolute Gasteiger partial charge is 0.321 e. The predicted molar refractivity (Wildman–Crippen MR) is 76.3 cm³/mol. The summed E-state index contributed by atoms with van der Waals surface area (Å²) in [4.78, 5) is 27.1. The van der Waals surface area contributed by atoms with Crippen LogP contribution in [0.5, 0.6) is 0 Å². The van der Waals surface area contributed by atoms with Gasteiger partial charge in [0.05, 0.1) is 0 Å². The molecule has 1 aromatic carbocycles.